The molecule has 6 nitrogen and oxygen atoms in total. The Morgan fingerprint density at radius 2 is 1.76 bits per heavy atom. The van der Waals surface area contributed by atoms with Crippen LogP contribution in [0.4, 0.5) is 22.0 Å². The van der Waals surface area contributed by atoms with Gasteiger partial charge in [-0.25, -0.2) is 4.99 Å². The minimum absolute atomic E-state index is 0.00596. The zero-order chi connectivity index (χ0) is 21.4. The van der Waals surface area contributed by atoms with Crippen LogP contribution in [0.15, 0.2) is 47.5 Å². The molecule has 29 heavy (non-hydrogen) atoms. The number of ether oxygens (including phenoxy) is 3. The predicted molar refractivity (Wildman–Crippen MR) is 94.9 cm³/mol. The lowest BCUT2D eigenvalue weighted by atomic mass is 10.2. The van der Waals surface area contributed by atoms with Crippen molar-refractivity contribution in [2.75, 3.05) is 7.11 Å². The van der Waals surface area contributed by atoms with Crippen molar-refractivity contribution >= 4 is 5.96 Å². The quantitative estimate of drug-likeness (QED) is 0.387. The van der Waals surface area contributed by atoms with Crippen molar-refractivity contribution in [3.63, 3.8) is 0 Å². The second kappa shape index (κ2) is 9.80. The van der Waals surface area contributed by atoms with Crippen LogP contribution in [0, 0.1) is 0 Å². The number of benzene rings is 2. The van der Waals surface area contributed by atoms with Crippen LogP contribution in [0.25, 0.3) is 0 Å². The number of nitrogens with one attached hydrogen (secondary N) is 1. The number of hydrogen-bond donors (Lipinski definition) is 2. The van der Waals surface area contributed by atoms with E-state index >= 15 is 0 Å². The lowest BCUT2D eigenvalue weighted by Gasteiger charge is -2.13. The largest absolute Gasteiger partial charge is 0.573 e. The number of rotatable bonds is 8. The molecule has 2 aromatic rings. The first-order chi connectivity index (χ1) is 13.7. The molecular formula is C18H18F5N3O3. The standard InChI is InChI=1S/C18H18F5N3O3/c1-27-14-6-7-15(28-16(19)20)12(8-14)10-26-17(24)25-9-11-2-4-13(5-3-11)29-18(21,22)23/h2-8,16H,9-10H2,1H3,(H3,24,25,26). The van der Waals surface area contributed by atoms with Gasteiger partial charge in [-0.2, -0.15) is 8.78 Å². The molecular weight excluding hydrogens is 401 g/mol. The molecule has 0 aromatic heterocycles. The lowest BCUT2D eigenvalue weighted by molar-refractivity contribution is -0.274. The molecule has 2 aromatic carbocycles. The van der Waals surface area contributed by atoms with Crippen molar-refractivity contribution in [2.24, 2.45) is 10.7 Å². The summed E-state index contributed by atoms with van der Waals surface area (Å²) >= 11 is 0. The Bertz CT molecular complexity index is 826. The molecule has 0 aliphatic carbocycles. The Morgan fingerprint density at radius 1 is 1.10 bits per heavy atom. The summed E-state index contributed by atoms with van der Waals surface area (Å²) in [6.45, 7) is -2.87. The van der Waals surface area contributed by atoms with Crippen molar-refractivity contribution in [1.29, 1.82) is 0 Å². The minimum atomic E-state index is -4.76. The molecule has 2 rings (SSSR count). The van der Waals surface area contributed by atoms with Gasteiger partial charge in [-0.05, 0) is 35.9 Å². The summed E-state index contributed by atoms with van der Waals surface area (Å²) in [5, 5.41) is 2.75. The summed E-state index contributed by atoms with van der Waals surface area (Å²) in [7, 11) is 1.43. The maximum Gasteiger partial charge on any atom is 0.573 e. The first-order valence-corrected chi connectivity index (χ1v) is 8.16. The molecule has 0 amide bonds. The van der Waals surface area contributed by atoms with E-state index in [2.05, 4.69) is 19.8 Å². The van der Waals surface area contributed by atoms with E-state index in [-0.39, 0.29) is 30.5 Å². The van der Waals surface area contributed by atoms with Gasteiger partial charge in [0.15, 0.2) is 5.96 Å². The smallest absolute Gasteiger partial charge is 0.497 e. The van der Waals surface area contributed by atoms with E-state index in [1.807, 2.05) is 0 Å². The highest BCUT2D eigenvalue weighted by molar-refractivity contribution is 5.77. The second-order valence-electron chi connectivity index (χ2n) is 5.60. The summed E-state index contributed by atoms with van der Waals surface area (Å²) in [6.07, 6.45) is -4.76. The topological polar surface area (TPSA) is 78.1 Å². The van der Waals surface area contributed by atoms with Crippen LogP contribution in [0.2, 0.25) is 0 Å². The molecule has 0 fully saturated rings. The molecule has 0 saturated heterocycles. The van der Waals surface area contributed by atoms with Crippen LogP contribution in [0.5, 0.6) is 17.2 Å². The van der Waals surface area contributed by atoms with E-state index in [4.69, 9.17) is 10.5 Å². The van der Waals surface area contributed by atoms with Crippen molar-refractivity contribution in [2.45, 2.75) is 26.1 Å². The van der Waals surface area contributed by atoms with Gasteiger partial charge in [0.2, 0.25) is 0 Å². The molecule has 0 heterocycles. The third-order valence-corrected chi connectivity index (χ3v) is 3.53. The number of guanidine groups is 1. The molecule has 0 atom stereocenters. The normalized spacial score (nSPS) is 12.0. The molecule has 0 spiro atoms. The van der Waals surface area contributed by atoms with Crippen LogP contribution in [0.1, 0.15) is 11.1 Å². The van der Waals surface area contributed by atoms with Gasteiger partial charge >= 0.3 is 13.0 Å². The number of aliphatic imine (C=N–C) groups is 1. The first-order valence-electron chi connectivity index (χ1n) is 8.16. The van der Waals surface area contributed by atoms with Crippen LogP contribution in [0.3, 0.4) is 0 Å². The Morgan fingerprint density at radius 3 is 2.34 bits per heavy atom. The zero-order valence-electron chi connectivity index (χ0n) is 15.2. The molecule has 11 heteroatoms. The molecule has 0 saturated carbocycles. The molecule has 0 radical (unpaired) electrons. The van der Waals surface area contributed by atoms with Crippen LogP contribution in [-0.4, -0.2) is 26.0 Å². The van der Waals surface area contributed by atoms with Gasteiger partial charge in [-0.3, -0.25) is 0 Å². The Kier molecular flexibility index (Phi) is 7.46. The maximum atomic E-state index is 12.5. The maximum absolute atomic E-state index is 12.5. The molecule has 0 aliphatic rings. The number of halogens is 5. The number of hydrogen-bond acceptors (Lipinski definition) is 4. The van der Waals surface area contributed by atoms with E-state index < -0.39 is 13.0 Å². The van der Waals surface area contributed by atoms with Gasteiger partial charge in [0.1, 0.15) is 17.2 Å². The number of alkyl halides is 5. The van der Waals surface area contributed by atoms with Crippen molar-refractivity contribution in [1.82, 2.24) is 5.32 Å². The first kappa shape index (κ1) is 22.1. The third-order valence-electron chi connectivity index (χ3n) is 3.53. The number of nitrogens with two attached hydrogens (primary N) is 1. The van der Waals surface area contributed by atoms with Crippen LogP contribution < -0.4 is 25.3 Å². The number of nitrogens with zero attached hydrogens (tertiary/aromatic N) is 1. The third kappa shape index (κ3) is 7.72. The Balaban J connectivity index is 1.96. The SMILES string of the molecule is COc1ccc(OC(F)F)c(CNC(N)=NCc2ccc(OC(F)(F)F)cc2)c1. The minimum Gasteiger partial charge on any atom is -0.497 e. The average Bonchev–Trinajstić information content (AvgIpc) is 2.65. The molecule has 0 unspecified atom stereocenters. The van der Waals surface area contributed by atoms with Crippen LogP contribution >= 0.6 is 0 Å². The fourth-order valence-corrected chi connectivity index (χ4v) is 2.25. The average molecular weight is 419 g/mol. The Hall–Kier alpha value is -3.24. The molecule has 0 bridgehead atoms. The van der Waals surface area contributed by atoms with E-state index in [0.29, 0.717) is 16.9 Å². The van der Waals surface area contributed by atoms with Crippen LogP contribution in [-0.2, 0) is 13.1 Å². The predicted octanol–water partition coefficient (Wildman–Crippen LogP) is 3.80. The van der Waals surface area contributed by atoms with E-state index in [1.54, 1.807) is 0 Å². The highest BCUT2D eigenvalue weighted by Gasteiger charge is 2.30. The summed E-state index contributed by atoms with van der Waals surface area (Å²) in [5.74, 6) is 0.0637. The van der Waals surface area contributed by atoms with Crippen molar-refractivity contribution < 1.29 is 36.2 Å². The lowest BCUT2D eigenvalue weighted by Crippen LogP contribution is -2.31. The molecule has 0 aliphatic heterocycles. The molecule has 3 N–H and O–H groups in total. The van der Waals surface area contributed by atoms with Gasteiger partial charge in [0.05, 0.1) is 13.7 Å². The highest BCUT2D eigenvalue weighted by Crippen LogP contribution is 2.26. The van der Waals surface area contributed by atoms with E-state index in [1.165, 1.54) is 37.4 Å². The van der Waals surface area contributed by atoms with E-state index in [0.717, 1.165) is 12.1 Å². The summed E-state index contributed by atoms with van der Waals surface area (Å²) in [6, 6.07) is 9.48. The Labute approximate surface area is 163 Å². The summed E-state index contributed by atoms with van der Waals surface area (Å²) in [4.78, 5) is 4.05. The fraction of sp³-hybridized carbons (Fsp3) is 0.278. The van der Waals surface area contributed by atoms with E-state index in [9.17, 15) is 22.0 Å². The van der Waals surface area contributed by atoms with Gasteiger partial charge < -0.3 is 25.3 Å². The summed E-state index contributed by atoms with van der Waals surface area (Å²) in [5.41, 5.74) is 6.71. The highest BCUT2D eigenvalue weighted by atomic mass is 19.4. The summed E-state index contributed by atoms with van der Waals surface area (Å²) < 4.78 is 74.7. The van der Waals surface area contributed by atoms with Gasteiger partial charge in [-0.15, -0.1) is 13.2 Å². The van der Waals surface area contributed by atoms with Gasteiger partial charge in [0, 0.05) is 12.1 Å². The second-order valence-corrected chi connectivity index (χ2v) is 5.60. The van der Waals surface area contributed by atoms with Crippen molar-refractivity contribution in [3.05, 3.63) is 53.6 Å². The number of methoxy groups -OCH3 is 1. The fourth-order valence-electron chi connectivity index (χ4n) is 2.25. The van der Waals surface area contributed by atoms with Crippen molar-refractivity contribution in [3.8, 4) is 17.2 Å². The van der Waals surface area contributed by atoms with Gasteiger partial charge in [0.25, 0.3) is 0 Å². The monoisotopic (exact) mass is 419 g/mol. The molecule has 158 valence electrons. The zero-order valence-corrected chi connectivity index (χ0v) is 15.2. The van der Waals surface area contributed by atoms with Gasteiger partial charge in [-0.1, -0.05) is 12.1 Å².